The molecule has 0 saturated carbocycles. The molecule has 3 heteroatoms. The number of benzene rings is 2. The molecular formula is C18H18FNO. The van der Waals surface area contributed by atoms with Gasteiger partial charge in [0.05, 0.1) is 6.61 Å². The number of hydrogen-bond donors (Lipinski definition) is 0. The first kappa shape index (κ1) is 13.7. The molecule has 2 aromatic carbocycles. The van der Waals surface area contributed by atoms with Gasteiger partial charge in [-0.1, -0.05) is 19.1 Å². The van der Waals surface area contributed by atoms with Gasteiger partial charge in [0, 0.05) is 23.6 Å². The van der Waals surface area contributed by atoms with Crippen LogP contribution in [-0.4, -0.2) is 11.2 Å². The molecule has 108 valence electrons. The summed E-state index contributed by atoms with van der Waals surface area (Å²) < 4.78 is 21.0. The Morgan fingerprint density at radius 3 is 2.81 bits per heavy atom. The maximum absolute atomic E-state index is 13.3. The van der Waals surface area contributed by atoms with Crippen molar-refractivity contribution in [2.75, 3.05) is 6.61 Å². The van der Waals surface area contributed by atoms with Gasteiger partial charge in [-0.25, -0.2) is 4.39 Å². The third-order valence-corrected chi connectivity index (χ3v) is 3.46. The second-order valence-corrected chi connectivity index (χ2v) is 5.14. The Kier molecular flexibility index (Phi) is 3.91. The molecule has 0 fully saturated rings. The van der Waals surface area contributed by atoms with Crippen LogP contribution >= 0.6 is 0 Å². The molecule has 0 radical (unpaired) electrons. The molecule has 0 N–H and O–H groups in total. The second kappa shape index (κ2) is 6.00. The molecule has 0 saturated heterocycles. The monoisotopic (exact) mass is 283 g/mol. The number of rotatable bonds is 5. The molecule has 2 nitrogen and oxygen atoms in total. The van der Waals surface area contributed by atoms with Gasteiger partial charge in [0.1, 0.15) is 11.6 Å². The minimum Gasteiger partial charge on any atom is -0.494 e. The highest BCUT2D eigenvalue weighted by atomic mass is 19.1. The lowest BCUT2D eigenvalue weighted by Crippen LogP contribution is -1.98. The van der Waals surface area contributed by atoms with Crippen LogP contribution in [0.1, 0.15) is 18.9 Å². The van der Waals surface area contributed by atoms with E-state index in [4.69, 9.17) is 4.74 Å². The van der Waals surface area contributed by atoms with Crippen molar-refractivity contribution < 1.29 is 9.13 Å². The lowest BCUT2D eigenvalue weighted by atomic mass is 10.2. The van der Waals surface area contributed by atoms with Gasteiger partial charge in [0.25, 0.3) is 0 Å². The Hall–Kier alpha value is -2.29. The Balaban J connectivity index is 1.86. The van der Waals surface area contributed by atoms with E-state index >= 15 is 0 Å². The average molecular weight is 283 g/mol. The molecule has 0 aliphatic carbocycles. The first-order valence-electron chi connectivity index (χ1n) is 7.22. The number of ether oxygens (including phenoxy) is 1. The van der Waals surface area contributed by atoms with Crippen molar-refractivity contribution in [2.45, 2.75) is 19.9 Å². The number of fused-ring (bicyclic) bond motifs is 1. The number of halogens is 1. The maximum atomic E-state index is 13.3. The molecule has 0 atom stereocenters. The van der Waals surface area contributed by atoms with E-state index in [1.165, 1.54) is 6.07 Å². The Morgan fingerprint density at radius 2 is 2.00 bits per heavy atom. The van der Waals surface area contributed by atoms with Crippen molar-refractivity contribution in [1.82, 2.24) is 4.57 Å². The van der Waals surface area contributed by atoms with Crippen molar-refractivity contribution in [1.29, 1.82) is 0 Å². The third kappa shape index (κ3) is 3.07. The zero-order chi connectivity index (χ0) is 14.7. The molecule has 21 heavy (non-hydrogen) atoms. The van der Waals surface area contributed by atoms with E-state index < -0.39 is 0 Å². The molecule has 0 aliphatic heterocycles. The second-order valence-electron chi connectivity index (χ2n) is 5.14. The van der Waals surface area contributed by atoms with E-state index in [2.05, 4.69) is 23.6 Å². The summed E-state index contributed by atoms with van der Waals surface area (Å²) in [6, 6.07) is 14.9. The van der Waals surface area contributed by atoms with E-state index in [0.717, 1.165) is 35.2 Å². The zero-order valence-electron chi connectivity index (χ0n) is 12.1. The standard InChI is InChI=1S/C18H18FNO/c1-2-10-21-17-6-7-18-15(12-17)8-9-20(18)13-14-4-3-5-16(19)11-14/h3-9,11-12H,2,10,13H2,1H3. The van der Waals surface area contributed by atoms with Crippen LogP contribution in [0.3, 0.4) is 0 Å². The minimum atomic E-state index is -0.195. The average Bonchev–Trinajstić information content (AvgIpc) is 2.87. The fraction of sp³-hybridized carbons (Fsp3) is 0.222. The van der Waals surface area contributed by atoms with Gasteiger partial charge in [-0.3, -0.25) is 0 Å². The molecular weight excluding hydrogens is 265 g/mol. The Labute approximate surface area is 123 Å². The van der Waals surface area contributed by atoms with Crippen LogP contribution in [0.15, 0.2) is 54.7 Å². The van der Waals surface area contributed by atoms with Crippen LogP contribution in [0.25, 0.3) is 10.9 Å². The van der Waals surface area contributed by atoms with Crippen LogP contribution in [0, 0.1) is 5.82 Å². The van der Waals surface area contributed by atoms with Crippen LogP contribution in [-0.2, 0) is 6.54 Å². The first-order valence-corrected chi connectivity index (χ1v) is 7.22. The van der Waals surface area contributed by atoms with Crippen LogP contribution in [0.2, 0.25) is 0 Å². The zero-order valence-corrected chi connectivity index (χ0v) is 12.1. The number of hydrogen-bond acceptors (Lipinski definition) is 1. The smallest absolute Gasteiger partial charge is 0.123 e. The summed E-state index contributed by atoms with van der Waals surface area (Å²) in [4.78, 5) is 0. The summed E-state index contributed by atoms with van der Waals surface area (Å²) in [5.74, 6) is 0.701. The number of nitrogens with zero attached hydrogens (tertiary/aromatic N) is 1. The quantitative estimate of drug-likeness (QED) is 0.666. The molecule has 0 bridgehead atoms. The molecule has 0 spiro atoms. The fourth-order valence-electron chi connectivity index (χ4n) is 2.46. The topological polar surface area (TPSA) is 14.2 Å². The molecule has 0 unspecified atom stereocenters. The van der Waals surface area contributed by atoms with E-state index in [1.807, 2.05) is 24.4 Å². The Morgan fingerprint density at radius 1 is 1.10 bits per heavy atom. The van der Waals surface area contributed by atoms with Crippen LogP contribution < -0.4 is 4.74 Å². The van der Waals surface area contributed by atoms with Crippen LogP contribution in [0.5, 0.6) is 5.75 Å². The highest BCUT2D eigenvalue weighted by Crippen LogP contribution is 2.23. The summed E-state index contributed by atoms with van der Waals surface area (Å²) in [5, 5.41) is 1.14. The first-order chi connectivity index (χ1) is 10.3. The highest BCUT2D eigenvalue weighted by molar-refractivity contribution is 5.81. The molecule has 0 amide bonds. The lowest BCUT2D eigenvalue weighted by Gasteiger charge is -2.08. The van der Waals surface area contributed by atoms with Gasteiger partial charge >= 0.3 is 0 Å². The van der Waals surface area contributed by atoms with E-state index in [1.54, 1.807) is 12.1 Å². The molecule has 1 heterocycles. The van der Waals surface area contributed by atoms with Gasteiger partial charge < -0.3 is 9.30 Å². The van der Waals surface area contributed by atoms with Gasteiger partial charge in [0.15, 0.2) is 0 Å². The van der Waals surface area contributed by atoms with Crippen molar-refractivity contribution in [3.8, 4) is 5.75 Å². The van der Waals surface area contributed by atoms with E-state index in [-0.39, 0.29) is 5.82 Å². The summed E-state index contributed by atoms with van der Waals surface area (Å²) >= 11 is 0. The predicted octanol–water partition coefficient (Wildman–Crippen LogP) is 4.62. The fourth-order valence-corrected chi connectivity index (χ4v) is 2.46. The largest absolute Gasteiger partial charge is 0.494 e. The van der Waals surface area contributed by atoms with Gasteiger partial charge in [-0.2, -0.15) is 0 Å². The van der Waals surface area contributed by atoms with Gasteiger partial charge in [0.2, 0.25) is 0 Å². The normalized spacial score (nSPS) is 11.0. The van der Waals surface area contributed by atoms with Crippen molar-refractivity contribution in [3.63, 3.8) is 0 Å². The minimum absolute atomic E-state index is 0.195. The number of aromatic nitrogens is 1. The van der Waals surface area contributed by atoms with Crippen molar-refractivity contribution >= 4 is 10.9 Å². The molecule has 1 aromatic heterocycles. The van der Waals surface area contributed by atoms with Crippen molar-refractivity contribution in [3.05, 3.63) is 66.1 Å². The van der Waals surface area contributed by atoms with Gasteiger partial charge in [-0.05, 0) is 48.4 Å². The Bertz CT molecular complexity index is 748. The SMILES string of the molecule is CCCOc1ccc2c(ccn2Cc2cccc(F)c2)c1. The summed E-state index contributed by atoms with van der Waals surface area (Å²) in [6.07, 6.45) is 3.03. The van der Waals surface area contributed by atoms with E-state index in [9.17, 15) is 4.39 Å². The highest BCUT2D eigenvalue weighted by Gasteiger charge is 2.04. The third-order valence-electron chi connectivity index (χ3n) is 3.46. The van der Waals surface area contributed by atoms with Crippen molar-refractivity contribution in [2.24, 2.45) is 0 Å². The summed E-state index contributed by atoms with van der Waals surface area (Å²) in [7, 11) is 0. The van der Waals surface area contributed by atoms with Gasteiger partial charge in [-0.15, -0.1) is 0 Å². The maximum Gasteiger partial charge on any atom is 0.123 e. The summed E-state index contributed by atoms with van der Waals surface area (Å²) in [5.41, 5.74) is 2.09. The lowest BCUT2D eigenvalue weighted by molar-refractivity contribution is 0.318. The summed E-state index contributed by atoms with van der Waals surface area (Å²) in [6.45, 7) is 3.49. The van der Waals surface area contributed by atoms with Crippen LogP contribution in [0.4, 0.5) is 4.39 Å². The molecule has 3 aromatic rings. The predicted molar refractivity (Wildman–Crippen MR) is 83.2 cm³/mol. The molecule has 0 aliphatic rings. The van der Waals surface area contributed by atoms with E-state index in [0.29, 0.717) is 6.54 Å². The molecule has 3 rings (SSSR count).